The number of nitrogens with zero attached hydrogens (tertiary/aromatic N) is 2. The van der Waals surface area contributed by atoms with Gasteiger partial charge in [0.1, 0.15) is 5.82 Å². The van der Waals surface area contributed by atoms with E-state index in [1.165, 1.54) is 24.3 Å². The fourth-order valence-corrected chi connectivity index (χ4v) is 4.76. The smallest absolute Gasteiger partial charge is 0.262 e. The molecule has 184 valence electrons. The Bertz CT molecular complexity index is 1280. The Kier molecular flexibility index (Phi) is 7.97. The molecule has 1 N–H and O–H groups in total. The van der Waals surface area contributed by atoms with E-state index in [9.17, 15) is 18.8 Å². The van der Waals surface area contributed by atoms with Gasteiger partial charge in [-0.05, 0) is 61.2 Å². The average Bonchev–Trinajstić information content (AvgIpc) is 3.36. The molecule has 1 saturated heterocycles. The van der Waals surface area contributed by atoms with E-state index >= 15 is 0 Å². The number of hydrogen-bond donors (Lipinski definition) is 1. The van der Waals surface area contributed by atoms with E-state index in [0.29, 0.717) is 52.8 Å². The highest BCUT2D eigenvalue weighted by atomic mass is 32.2. The van der Waals surface area contributed by atoms with Crippen molar-refractivity contribution in [2.45, 2.75) is 44.5 Å². The molecule has 1 aromatic heterocycles. The van der Waals surface area contributed by atoms with E-state index in [-0.39, 0.29) is 29.1 Å². The largest absolute Gasteiger partial charge is 0.376 e. The third-order valence-corrected chi connectivity index (χ3v) is 6.74. The number of ether oxygens (including phenoxy) is 1. The zero-order valence-corrected chi connectivity index (χ0v) is 20.6. The summed E-state index contributed by atoms with van der Waals surface area (Å²) in [6.45, 7) is 5.55. The molecule has 1 fully saturated rings. The van der Waals surface area contributed by atoms with Crippen LogP contribution in [0.1, 0.15) is 47.4 Å². The van der Waals surface area contributed by atoms with Crippen molar-refractivity contribution in [1.29, 1.82) is 0 Å². The summed E-state index contributed by atoms with van der Waals surface area (Å²) in [5.74, 6) is -0.501. The van der Waals surface area contributed by atoms with Crippen molar-refractivity contribution >= 4 is 34.4 Å². The summed E-state index contributed by atoms with van der Waals surface area (Å²) in [5.41, 5.74) is 0.959. The number of halogens is 1. The molecule has 2 aromatic carbocycles. The number of amides is 1. The van der Waals surface area contributed by atoms with Crippen molar-refractivity contribution in [2.24, 2.45) is 5.92 Å². The molecule has 0 bridgehead atoms. The fraction of sp³-hybridized carbons (Fsp3) is 0.385. The summed E-state index contributed by atoms with van der Waals surface area (Å²) in [6, 6.07) is 10.2. The van der Waals surface area contributed by atoms with Crippen LogP contribution in [0.4, 0.5) is 4.39 Å². The second-order valence-electron chi connectivity index (χ2n) is 9.00. The van der Waals surface area contributed by atoms with Gasteiger partial charge in [-0.1, -0.05) is 25.6 Å². The first kappa shape index (κ1) is 25.1. The average molecular weight is 498 g/mol. The van der Waals surface area contributed by atoms with E-state index in [0.717, 1.165) is 24.6 Å². The monoisotopic (exact) mass is 497 g/mol. The topological polar surface area (TPSA) is 90.3 Å². The normalized spacial score (nSPS) is 15.6. The van der Waals surface area contributed by atoms with Crippen LogP contribution in [0.15, 0.2) is 52.4 Å². The highest BCUT2D eigenvalue weighted by Gasteiger charge is 2.21. The first-order valence-corrected chi connectivity index (χ1v) is 12.7. The van der Waals surface area contributed by atoms with Crippen LogP contribution in [0.5, 0.6) is 0 Å². The van der Waals surface area contributed by atoms with Crippen LogP contribution < -0.4 is 10.9 Å². The lowest BCUT2D eigenvalue weighted by atomic mass is 10.1. The van der Waals surface area contributed by atoms with Crippen LogP contribution in [-0.4, -0.2) is 46.2 Å². The van der Waals surface area contributed by atoms with Crippen LogP contribution >= 0.6 is 11.8 Å². The minimum atomic E-state index is -0.413. The molecule has 1 amide bonds. The summed E-state index contributed by atoms with van der Waals surface area (Å²) in [5, 5.41) is 3.65. The zero-order valence-electron chi connectivity index (χ0n) is 19.8. The molecule has 1 atom stereocenters. The molecular formula is C26H28FN3O4S. The first-order valence-electron chi connectivity index (χ1n) is 11.7. The number of fused-ring (bicyclic) bond motifs is 1. The molecule has 0 saturated carbocycles. The summed E-state index contributed by atoms with van der Waals surface area (Å²) >= 11 is 1.15. The Labute approximate surface area is 207 Å². The first-order chi connectivity index (χ1) is 16.8. The van der Waals surface area contributed by atoms with E-state index in [4.69, 9.17) is 4.74 Å². The van der Waals surface area contributed by atoms with Crippen molar-refractivity contribution in [3.8, 4) is 0 Å². The number of hydrogen-bond acceptors (Lipinski definition) is 6. The number of thioether (sulfide) groups is 1. The standard InChI is InChI=1S/C26H28FN3O4S/c1-16(2)13-28-24(32)18-7-10-21-22(12-18)29-26(30(25(21)33)14-20-4-3-11-34-20)35-15-23(31)17-5-8-19(27)9-6-17/h5-10,12,16,20H,3-4,11,13-15H2,1-2H3,(H,28,32). The van der Waals surface area contributed by atoms with Gasteiger partial charge in [0.2, 0.25) is 0 Å². The van der Waals surface area contributed by atoms with Gasteiger partial charge >= 0.3 is 0 Å². The van der Waals surface area contributed by atoms with E-state index < -0.39 is 5.82 Å². The molecule has 0 aliphatic carbocycles. The summed E-state index contributed by atoms with van der Waals surface area (Å²) < 4.78 is 20.5. The van der Waals surface area contributed by atoms with Crippen molar-refractivity contribution in [3.05, 3.63) is 69.8 Å². The van der Waals surface area contributed by atoms with Crippen LogP contribution in [0, 0.1) is 11.7 Å². The van der Waals surface area contributed by atoms with Gasteiger partial charge in [0.05, 0.1) is 29.3 Å². The summed E-state index contributed by atoms with van der Waals surface area (Å²) in [6.07, 6.45) is 1.68. The lowest BCUT2D eigenvalue weighted by molar-refractivity contribution is 0.0937. The molecule has 1 aliphatic rings. The SMILES string of the molecule is CC(C)CNC(=O)c1ccc2c(=O)n(CC3CCCO3)c(SCC(=O)c3ccc(F)cc3)nc2c1. The van der Waals surface area contributed by atoms with Gasteiger partial charge < -0.3 is 10.1 Å². The molecule has 0 spiro atoms. The molecule has 3 aromatic rings. The van der Waals surface area contributed by atoms with E-state index in [1.54, 1.807) is 22.8 Å². The van der Waals surface area contributed by atoms with Crippen LogP contribution in [0.3, 0.4) is 0 Å². The number of rotatable bonds is 9. The lowest BCUT2D eigenvalue weighted by Gasteiger charge is -2.16. The van der Waals surface area contributed by atoms with Crippen LogP contribution in [-0.2, 0) is 11.3 Å². The Morgan fingerprint density at radius 2 is 1.94 bits per heavy atom. The molecule has 35 heavy (non-hydrogen) atoms. The maximum atomic E-state index is 13.4. The quantitative estimate of drug-likeness (QED) is 0.272. The van der Waals surface area contributed by atoms with Crippen LogP contribution in [0.2, 0.25) is 0 Å². The molecule has 9 heteroatoms. The summed E-state index contributed by atoms with van der Waals surface area (Å²) in [4.78, 5) is 43.3. The van der Waals surface area contributed by atoms with Gasteiger partial charge in [0, 0.05) is 24.3 Å². The molecule has 2 heterocycles. The predicted octanol–water partition coefficient (Wildman–Crippen LogP) is 4.08. The molecule has 4 rings (SSSR count). The number of benzene rings is 2. The molecule has 1 unspecified atom stereocenters. The second kappa shape index (κ2) is 11.1. The van der Waals surface area contributed by atoms with Gasteiger partial charge in [0.15, 0.2) is 10.9 Å². The summed E-state index contributed by atoms with van der Waals surface area (Å²) in [7, 11) is 0. The number of nitrogens with one attached hydrogen (secondary N) is 1. The third-order valence-electron chi connectivity index (χ3n) is 5.76. The van der Waals surface area contributed by atoms with Gasteiger partial charge in [-0.25, -0.2) is 9.37 Å². The molecule has 7 nitrogen and oxygen atoms in total. The highest BCUT2D eigenvalue weighted by Crippen LogP contribution is 2.23. The third kappa shape index (κ3) is 6.15. The van der Waals surface area contributed by atoms with E-state index in [1.807, 2.05) is 13.8 Å². The Balaban J connectivity index is 1.65. The number of carbonyl (C=O) groups excluding carboxylic acids is 2. The van der Waals surface area contributed by atoms with Gasteiger partial charge in [-0.15, -0.1) is 0 Å². The van der Waals surface area contributed by atoms with Crippen molar-refractivity contribution < 1.29 is 18.7 Å². The van der Waals surface area contributed by atoms with Gasteiger partial charge in [-0.2, -0.15) is 0 Å². The van der Waals surface area contributed by atoms with Gasteiger partial charge in [0.25, 0.3) is 11.5 Å². The van der Waals surface area contributed by atoms with Crippen molar-refractivity contribution in [1.82, 2.24) is 14.9 Å². The second-order valence-corrected chi connectivity index (χ2v) is 9.94. The number of aromatic nitrogens is 2. The number of carbonyl (C=O) groups is 2. The fourth-order valence-electron chi connectivity index (χ4n) is 3.85. The van der Waals surface area contributed by atoms with Gasteiger partial charge in [-0.3, -0.25) is 19.0 Å². The Morgan fingerprint density at radius 3 is 2.63 bits per heavy atom. The van der Waals surface area contributed by atoms with Crippen molar-refractivity contribution in [3.63, 3.8) is 0 Å². The predicted molar refractivity (Wildman–Crippen MR) is 134 cm³/mol. The Morgan fingerprint density at radius 1 is 1.20 bits per heavy atom. The number of Topliss-reactive ketones (excluding diaryl/α,β-unsaturated/α-hetero) is 1. The lowest BCUT2D eigenvalue weighted by Crippen LogP contribution is -2.30. The zero-order chi connectivity index (χ0) is 24.9. The molecular weight excluding hydrogens is 469 g/mol. The maximum absolute atomic E-state index is 13.4. The highest BCUT2D eigenvalue weighted by molar-refractivity contribution is 7.99. The van der Waals surface area contributed by atoms with E-state index in [2.05, 4.69) is 10.3 Å². The molecule has 0 radical (unpaired) electrons. The van der Waals surface area contributed by atoms with Crippen LogP contribution in [0.25, 0.3) is 10.9 Å². The van der Waals surface area contributed by atoms with Crippen molar-refractivity contribution in [2.75, 3.05) is 18.9 Å². The minimum absolute atomic E-state index is 0.0314. The minimum Gasteiger partial charge on any atom is -0.376 e. The molecule has 1 aliphatic heterocycles. The maximum Gasteiger partial charge on any atom is 0.262 e. The number of ketones is 1. The Hall–Kier alpha value is -3.04.